The van der Waals surface area contributed by atoms with E-state index < -0.39 is 12.2 Å². The molecule has 0 radical (unpaired) electrons. The lowest BCUT2D eigenvalue weighted by atomic mass is 10.3. The van der Waals surface area contributed by atoms with Crippen LogP contribution in [0.25, 0.3) is 11.5 Å². The molecule has 0 bridgehead atoms. The predicted octanol–water partition coefficient (Wildman–Crippen LogP) is 2.05. The number of hydrogen-bond donors (Lipinski definition) is 1. The van der Waals surface area contributed by atoms with E-state index in [0.717, 1.165) is 17.8 Å². The molecule has 1 atom stereocenters. The number of rotatable bonds is 2. The van der Waals surface area contributed by atoms with E-state index >= 15 is 0 Å². The summed E-state index contributed by atoms with van der Waals surface area (Å²) in [5, 5.41) is 7.15. The van der Waals surface area contributed by atoms with Crippen molar-refractivity contribution in [1.29, 1.82) is 0 Å². The summed E-state index contributed by atoms with van der Waals surface area (Å²) < 4.78 is 38.9. The first-order valence-corrected chi connectivity index (χ1v) is 5.08. The number of nitrogen functional groups attached to an aromatic ring is 1. The van der Waals surface area contributed by atoms with Crippen LogP contribution in [-0.4, -0.2) is 25.9 Å². The molecule has 18 heavy (non-hydrogen) atoms. The zero-order valence-electron chi connectivity index (χ0n) is 9.39. The summed E-state index contributed by atoms with van der Waals surface area (Å²) in [4.78, 5) is 3.93. The van der Waals surface area contributed by atoms with E-state index in [9.17, 15) is 13.2 Å². The summed E-state index contributed by atoms with van der Waals surface area (Å²) in [7, 11) is 0. The third-order valence-electron chi connectivity index (χ3n) is 2.46. The minimum atomic E-state index is -4.38. The molecule has 0 saturated carbocycles. The average molecular weight is 257 g/mol. The largest absolute Gasteiger partial charge is 0.408 e. The Morgan fingerprint density at radius 1 is 1.33 bits per heavy atom. The molecular weight excluding hydrogens is 247 g/mol. The first kappa shape index (κ1) is 12.3. The van der Waals surface area contributed by atoms with Crippen LogP contribution < -0.4 is 5.73 Å². The molecule has 0 amide bonds. The predicted molar refractivity (Wildman–Crippen MR) is 58.4 cm³/mol. The Bertz CT molecular complexity index is 548. The summed E-state index contributed by atoms with van der Waals surface area (Å²) >= 11 is 0. The normalized spacial score (nSPS) is 13.6. The Balaban J connectivity index is 2.45. The van der Waals surface area contributed by atoms with Crippen molar-refractivity contribution in [3.63, 3.8) is 0 Å². The minimum Gasteiger partial charge on any atom is -0.384 e. The summed E-state index contributed by atoms with van der Waals surface area (Å²) in [6.45, 7) is 1.03. The molecule has 0 aliphatic heterocycles. The van der Waals surface area contributed by atoms with E-state index in [-0.39, 0.29) is 17.3 Å². The van der Waals surface area contributed by atoms with Crippen molar-refractivity contribution < 1.29 is 13.2 Å². The zero-order valence-corrected chi connectivity index (χ0v) is 9.39. The van der Waals surface area contributed by atoms with Crippen LogP contribution in [0.3, 0.4) is 0 Å². The van der Waals surface area contributed by atoms with Crippen LogP contribution in [0, 0.1) is 0 Å². The maximum atomic E-state index is 12.7. The van der Waals surface area contributed by atoms with Gasteiger partial charge in [0.1, 0.15) is 23.9 Å². The zero-order chi connectivity index (χ0) is 13.3. The number of alkyl halides is 3. The number of hydrogen-bond acceptors (Lipinski definition) is 4. The first-order chi connectivity index (χ1) is 8.39. The van der Waals surface area contributed by atoms with E-state index in [1.807, 2.05) is 0 Å². The SMILES string of the molecule is C[C@@H](n1cnnc1-c1cccc(N)n1)C(F)(F)F. The Kier molecular flexibility index (Phi) is 2.93. The number of aromatic nitrogens is 4. The summed E-state index contributed by atoms with van der Waals surface area (Å²) in [6.07, 6.45) is -3.35. The van der Waals surface area contributed by atoms with Gasteiger partial charge in [0.2, 0.25) is 0 Å². The standard InChI is InChI=1S/C10H10F3N5/c1-6(10(11,12)13)18-5-15-17-9(18)7-3-2-4-8(14)16-7/h2-6H,1H3,(H2,14,16)/t6-/m1/s1. The first-order valence-electron chi connectivity index (χ1n) is 5.08. The quantitative estimate of drug-likeness (QED) is 0.893. The molecule has 0 aliphatic rings. The second-order valence-corrected chi connectivity index (χ2v) is 3.73. The Morgan fingerprint density at radius 2 is 2.06 bits per heavy atom. The summed E-state index contributed by atoms with van der Waals surface area (Å²) in [6, 6.07) is 2.93. The lowest BCUT2D eigenvalue weighted by molar-refractivity contribution is -0.162. The van der Waals surface area contributed by atoms with E-state index in [1.165, 1.54) is 12.1 Å². The third-order valence-corrected chi connectivity index (χ3v) is 2.46. The van der Waals surface area contributed by atoms with Crippen LogP contribution in [0.15, 0.2) is 24.5 Å². The molecular formula is C10H10F3N5. The van der Waals surface area contributed by atoms with E-state index in [1.54, 1.807) is 6.07 Å². The lowest BCUT2D eigenvalue weighted by Crippen LogP contribution is -2.24. The van der Waals surface area contributed by atoms with Crippen molar-refractivity contribution in [3.8, 4) is 11.5 Å². The second-order valence-electron chi connectivity index (χ2n) is 3.73. The highest BCUT2D eigenvalue weighted by Crippen LogP contribution is 2.32. The van der Waals surface area contributed by atoms with Crippen molar-refractivity contribution >= 4 is 5.82 Å². The van der Waals surface area contributed by atoms with Crippen molar-refractivity contribution in [2.75, 3.05) is 5.73 Å². The molecule has 8 heteroatoms. The number of halogens is 3. The number of pyridine rings is 1. The van der Waals surface area contributed by atoms with E-state index in [2.05, 4.69) is 15.2 Å². The smallest absolute Gasteiger partial charge is 0.384 e. The van der Waals surface area contributed by atoms with Crippen molar-refractivity contribution in [1.82, 2.24) is 19.7 Å². The molecule has 0 aromatic carbocycles. The van der Waals surface area contributed by atoms with Gasteiger partial charge in [-0.15, -0.1) is 10.2 Å². The molecule has 0 aliphatic carbocycles. The van der Waals surface area contributed by atoms with E-state index in [0.29, 0.717) is 0 Å². The van der Waals surface area contributed by atoms with Gasteiger partial charge in [-0.2, -0.15) is 13.2 Å². The number of anilines is 1. The van der Waals surface area contributed by atoms with Crippen LogP contribution in [0.5, 0.6) is 0 Å². The van der Waals surface area contributed by atoms with Gasteiger partial charge in [0.25, 0.3) is 0 Å². The number of nitrogens with two attached hydrogens (primary N) is 1. The van der Waals surface area contributed by atoms with Crippen molar-refractivity contribution in [3.05, 3.63) is 24.5 Å². The molecule has 0 saturated heterocycles. The van der Waals surface area contributed by atoms with Crippen LogP contribution in [0.1, 0.15) is 13.0 Å². The summed E-state index contributed by atoms with van der Waals surface area (Å²) in [5.41, 5.74) is 5.74. The molecule has 2 rings (SSSR count). The van der Waals surface area contributed by atoms with Crippen molar-refractivity contribution in [2.45, 2.75) is 19.1 Å². The second kappa shape index (κ2) is 4.28. The van der Waals surface area contributed by atoms with Gasteiger partial charge in [-0.05, 0) is 19.1 Å². The fourth-order valence-corrected chi connectivity index (χ4v) is 1.44. The van der Waals surface area contributed by atoms with Gasteiger partial charge in [0.15, 0.2) is 5.82 Å². The molecule has 96 valence electrons. The molecule has 2 aromatic heterocycles. The molecule has 2 heterocycles. The molecule has 0 unspecified atom stereocenters. The van der Waals surface area contributed by atoms with E-state index in [4.69, 9.17) is 5.73 Å². The minimum absolute atomic E-state index is 0.0344. The fraction of sp³-hybridized carbons (Fsp3) is 0.300. The van der Waals surface area contributed by atoms with Crippen LogP contribution in [-0.2, 0) is 0 Å². The van der Waals surface area contributed by atoms with Gasteiger partial charge in [-0.25, -0.2) is 4.98 Å². The molecule has 0 fully saturated rings. The van der Waals surface area contributed by atoms with Gasteiger partial charge < -0.3 is 10.3 Å². The molecule has 2 aromatic rings. The maximum Gasteiger partial charge on any atom is 0.408 e. The Morgan fingerprint density at radius 3 is 2.67 bits per heavy atom. The van der Waals surface area contributed by atoms with Crippen molar-refractivity contribution in [2.24, 2.45) is 0 Å². The third kappa shape index (κ3) is 2.27. The summed E-state index contributed by atoms with van der Waals surface area (Å²) in [5.74, 6) is 0.244. The van der Waals surface area contributed by atoms with Gasteiger partial charge in [-0.1, -0.05) is 6.07 Å². The van der Waals surface area contributed by atoms with Gasteiger partial charge in [0.05, 0.1) is 0 Å². The monoisotopic (exact) mass is 257 g/mol. The number of nitrogens with zero attached hydrogens (tertiary/aromatic N) is 4. The Labute approximate surface area is 100 Å². The average Bonchev–Trinajstić information content (AvgIpc) is 2.75. The topological polar surface area (TPSA) is 69.6 Å². The molecule has 5 nitrogen and oxygen atoms in total. The van der Waals surface area contributed by atoms with Crippen LogP contribution >= 0.6 is 0 Å². The highest BCUT2D eigenvalue weighted by molar-refractivity contribution is 5.52. The Hall–Kier alpha value is -2.12. The van der Waals surface area contributed by atoms with Crippen LogP contribution in [0.2, 0.25) is 0 Å². The fourth-order valence-electron chi connectivity index (χ4n) is 1.44. The van der Waals surface area contributed by atoms with Gasteiger partial charge in [-0.3, -0.25) is 0 Å². The highest BCUT2D eigenvalue weighted by atomic mass is 19.4. The molecule has 0 spiro atoms. The maximum absolute atomic E-state index is 12.7. The van der Waals surface area contributed by atoms with Gasteiger partial charge >= 0.3 is 6.18 Å². The van der Waals surface area contributed by atoms with Crippen LogP contribution in [0.4, 0.5) is 19.0 Å². The van der Waals surface area contributed by atoms with Gasteiger partial charge in [0, 0.05) is 0 Å². The highest BCUT2D eigenvalue weighted by Gasteiger charge is 2.38. The molecule has 2 N–H and O–H groups in total. The lowest BCUT2D eigenvalue weighted by Gasteiger charge is -2.18.